The summed E-state index contributed by atoms with van der Waals surface area (Å²) in [6.07, 6.45) is 1.33. The highest BCUT2D eigenvalue weighted by Crippen LogP contribution is 2.31. The summed E-state index contributed by atoms with van der Waals surface area (Å²) in [7, 11) is 3.72. The van der Waals surface area contributed by atoms with Crippen molar-refractivity contribution in [3.8, 4) is 11.4 Å². The Hall–Kier alpha value is -4.38. The van der Waals surface area contributed by atoms with Gasteiger partial charge in [0.25, 0.3) is 17.6 Å². The highest BCUT2D eigenvalue weighted by Gasteiger charge is 2.31. The van der Waals surface area contributed by atoms with E-state index in [1.54, 1.807) is 29.2 Å². The minimum atomic E-state index is -0.827. The first kappa shape index (κ1) is 24.3. The number of piperazine rings is 1. The number of halogens is 1. The third-order valence-electron chi connectivity index (χ3n) is 6.26. The summed E-state index contributed by atoms with van der Waals surface area (Å²) in [4.78, 5) is 51.1. The van der Waals surface area contributed by atoms with Gasteiger partial charge in [-0.05, 0) is 38.4 Å². The Bertz CT molecular complexity index is 1470. The number of aromatic nitrogens is 3. The lowest BCUT2D eigenvalue weighted by molar-refractivity contribution is -0.127. The average molecular weight is 505 g/mol. The predicted molar refractivity (Wildman–Crippen MR) is 132 cm³/mol. The number of hydrogen-bond donors (Lipinski definition) is 1. The largest absolute Gasteiger partial charge is 0.360 e. The molecule has 0 radical (unpaired) electrons. The van der Waals surface area contributed by atoms with Crippen molar-refractivity contribution in [1.29, 1.82) is 0 Å². The molecule has 3 heterocycles. The number of Topliss-reactive ketones (excluding diaryl/α,β-unsaturated/α-hetero) is 1. The van der Waals surface area contributed by atoms with E-state index in [-0.39, 0.29) is 35.8 Å². The fourth-order valence-corrected chi connectivity index (χ4v) is 4.41. The molecule has 2 amide bonds. The molecule has 10 nitrogen and oxygen atoms in total. The van der Waals surface area contributed by atoms with Crippen molar-refractivity contribution in [2.75, 3.05) is 40.3 Å². The SMILES string of the molecule is CN(C)Cc1nc(-c2ccc(F)c3c(C(=O)C(=O)N4CCN(C(=O)c5ccccc5)CC4)c[nH]c23)no1. The fraction of sp³-hybridized carbons (Fsp3) is 0.269. The molecule has 1 N–H and O–H groups in total. The first-order valence-electron chi connectivity index (χ1n) is 11.8. The Morgan fingerprint density at radius 3 is 2.43 bits per heavy atom. The molecule has 1 aliphatic heterocycles. The van der Waals surface area contributed by atoms with Crippen LogP contribution in [0.25, 0.3) is 22.3 Å². The zero-order valence-corrected chi connectivity index (χ0v) is 20.4. The number of rotatable bonds is 6. The molecule has 5 rings (SSSR count). The standard InChI is InChI=1S/C26H25FN6O4/c1-31(2)15-20-29-24(30-37-20)17-8-9-19(27)21-18(14-28-22(17)21)23(34)26(36)33-12-10-32(11-13-33)25(35)16-6-4-3-5-7-16/h3-9,14,28H,10-13,15H2,1-2H3. The fourth-order valence-electron chi connectivity index (χ4n) is 4.41. The molecular weight excluding hydrogens is 479 g/mol. The van der Waals surface area contributed by atoms with Gasteiger partial charge < -0.3 is 24.2 Å². The summed E-state index contributed by atoms with van der Waals surface area (Å²) in [5, 5.41) is 3.97. The first-order valence-corrected chi connectivity index (χ1v) is 11.8. The van der Waals surface area contributed by atoms with Gasteiger partial charge in [0.15, 0.2) is 0 Å². The second-order valence-electron chi connectivity index (χ2n) is 9.08. The van der Waals surface area contributed by atoms with Crippen LogP contribution in [0.3, 0.4) is 0 Å². The first-order chi connectivity index (χ1) is 17.8. The van der Waals surface area contributed by atoms with Crippen molar-refractivity contribution in [2.24, 2.45) is 0 Å². The van der Waals surface area contributed by atoms with Crippen LogP contribution in [0.1, 0.15) is 26.6 Å². The maximum Gasteiger partial charge on any atom is 0.295 e. The van der Waals surface area contributed by atoms with Gasteiger partial charge in [0.05, 0.1) is 17.6 Å². The van der Waals surface area contributed by atoms with Crippen LogP contribution in [0.4, 0.5) is 4.39 Å². The number of nitrogens with zero attached hydrogens (tertiary/aromatic N) is 5. The zero-order chi connectivity index (χ0) is 26.1. The monoisotopic (exact) mass is 504 g/mol. The number of benzene rings is 2. The number of carbonyl (C=O) groups is 3. The quantitative estimate of drug-likeness (QED) is 0.317. The van der Waals surface area contributed by atoms with Gasteiger partial charge in [-0.2, -0.15) is 4.98 Å². The van der Waals surface area contributed by atoms with Gasteiger partial charge in [-0.3, -0.25) is 14.4 Å². The lowest BCUT2D eigenvalue weighted by Crippen LogP contribution is -2.52. The molecule has 0 bridgehead atoms. The van der Waals surface area contributed by atoms with Crippen molar-refractivity contribution in [2.45, 2.75) is 6.54 Å². The van der Waals surface area contributed by atoms with Gasteiger partial charge in [0.1, 0.15) is 5.82 Å². The van der Waals surface area contributed by atoms with Crippen LogP contribution < -0.4 is 0 Å². The molecule has 190 valence electrons. The number of fused-ring (bicyclic) bond motifs is 1. The van der Waals surface area contributed by atoms with Crippen LogP contribution in [0.2, 0.25) is 0 Å². The van der Waals surface area contributed by atoms with E-state index in [1.807, 2.05) is 25.1 Å². The number of hydrogen-bond acceptors (Lipinski definition) is 7. The normalized spacial score (nSPS) is 13.9. The van der Waals surface area contributed by atoms with E-state index < -0.39 is 17.5 Å². The smallest absolute Gasteiger partial charge is 0.295 e. The van der Waals surface area contributed by atoms with Gasteiger partial charge in [-0.25, -0.2) is 4.39 Å². The number of ketones is 1. The predicted octanol–water partition coefficient (Wildman–Crippen LogP) is 2.59. The molecule has 2 aromatic carbocycles. The van der Waals surface area contributed by atoms with Crippen LogP contribution in [0.5, 0.6) is 0 Å². The molecule has 4 aromatic rings. The number of amides is 2. The minimum Gasteiger partial charge on any atom is -0.360 e. The minimum absolute atomic E-state index is 0.00676. The Kier molecular flexibility index (Phi) is 6.53. The molecule has 0 aliphatic carbocycles. The molecule has 2 aromatic heterocycles. The molecule has 0 unspecified atom stereocenters. The Morgan fingerprint density at radius 2 is 1.73 bits per heavy atom. The molecule has 1 saturated heterocycles. The molecule has 1 aliphatic rings. The Balaban J connectivity index is 1.34. The van der Waals surface area contributed by atoms with E-state index >= 15 is 0 Å². The molecule has 0 atom stereocenters. The molecule has 0 spiro atoms. The van der Waals surface area contributed by atoms with Crippen LogP contribution in [-0.4, -0.2) is 87.7 Å². The highest BCUT2D eigenvalue weighted by molar-refractivity contribution is 6.45. The topological polar surface area (TPSA) is 116 Å². The maximum absolute atomic E-state index is 14.9. The van der Waals surface area contributed by atoms with Crippen molar-refractivity contribution in [1.82, 2.24) is 29.8 Å². The van der Waals surface area contributed by atoms with Crippen molar-refractivity contribution in [3.05, 3.63) is 71.5 Å². The zero-order valence-electron chi connectivity index (χ0n) is 20.4. The van der Waals surface area contributed by atoms with Gasteiger partial charge in [-0.1, -0.05) is 23.4 Å². The molecule has 37 heavy (non-hydrogen) atoms. The van der Waals surface area contributed by atoms with Crippen molar-refractivity contribution >= 4 is 28.5 Å². The van der Waals surface area contributed by atoms with Crippen LogP contribution >= 0.6 is 0 Å². The summed E-state index contributed by atoms with van der Waals surface area (Å²) in [5.74, 6) is -1.71. The van der Waals surface area contributed by atoms with Gasteiger partial charge in [0, 0.05) is 48.9 Å². The summed E-state index contributed by atoms with van der Waals surface area (Å²) < 4.78 is 20.2. The van der Waals surface area contributed by atoms with Crippen molar-refractivity contribution in [3.63, 3.8) is 0 Å². The van der Waals surface area contributed by atoms with Crippen LogP contribution in [-0.2, 0) is 11.3 Å². The van der Waals surface area contributed by atoms with Gasteiger partial charge in [0.2, 0.25) is 11.7 Å². The average Bonchev–Trinajstić information content (AvgIpc) is 3.56. The van der Waals surface area contributed by atoms with E-state index in [9.17, 15) is 18.8 Å². The summed E-state index contributed by atoms with van der Waals surface area (Å²) >= 11 is 0. The number of aromatic amines is 1. The van der Waals surface area contributed by atoms with Crippen molar-refractivity contribution < 1.29 is 23.3 Å². The number of carbonyl (C=O) groups excluding carboxylic acids is 3. The lowest BCUT2D eigenvalue weighted by Gasteiger charge is -2.34. The Labute approximate surface area is 211 Å². The Morgan fingerprint density at radius 1 is 1.03 bits per heavy atom. The maximum atomic E-state index is 14.9. The van der Waals surface area contributed by atoms with E-state index in [0.29, 0.717) is 42.2 Å². The third kappa shape index (κ3) is 4.73. The van der Waals surface area contributed by atoms with Gasteiger partial charge >= 0.3 is 0 Å². The van der Waals surface area contributed by atoms with Gasteiger partial charge in [-0.15, -0.1) is 0 Å². The number of H-pyrrole nitrogens is 1. The molecule has 1 fully saturated rings. The van der Waals surface area contributed by atoms with E-state index in [2.05, 4.69) is 15.1 Å². The molecule has 11 heteroatoms. The second-order valence-corrected chi connectivity index (χ2v) is 9.08. The summed E-state index contributed by atoms with van der Waals surface area (Å²) in [5.41, 5.74) is 1.24. The molecular formula is C26H25FN6O4. The second kappa shape index (κ2) is 9.94. The number of nitrogens with one attached hydrogen (secondary N) is 1. The lowest BCUT2D eigenvalue weighted by atomic mass is 10.0. The highest BCUT2D eigenvalue weighted by atomic mass is 19.1. The summed E-state index contributed by atoms with van der Waals surface area (Å²) in [6, 6.07) is 11.6. The third-order valence-corrected chi connectivity index (χ3v) is 6.26. The van der Waals surface area contributed by atoms with Crippen LogP contribution in [0.15, 0.2) is 53.2 Å². The van der Waals surface area contributed by atoms with E-state index in [0.717, 1.165) is 0 Å². The molecule has 0 saturated carbocycles. The van der Waals surface area contributed by atoms with E-state index in [4.69, 9.17) is 4.52 Å². The summed E-state index contributed by atoms with van der Waals surface area (Å²) in [6.45, 7) is 1.44. The van der Waals surface area contributed by atoms with E-state index in [1.165, 1.54) is 23.2 Å². The van der Waals surface area contributed by atoms with Crippen LogP contribution in [0, 0.1) is 5.82 Å².